The van der Waals surface area contributed by atoms with Crippen molar-refractivity contribution in [3.05, 3.63) is 0 Å². The third-order valence-electron chi connectivity index (χ3n) is 2.60. The average Bonchev–Trinajstić information content (AvgIpc) is 2.50. The summed E-state index contributed by atoms with van der Waals surface area (Å²) in [7, 11) is 1.80. The van der Waals surface area contributed by atoms with Crippen molar-refractivity contribution >= 4 is 0 Å². The molecule has 1 fully saturated rings. The molecule has 0 amide bonds. The Kier molecular flexibility index (Phi) is 4.62. The predicted molar refractivity (Wildman–Crippen MR) is 51.3 cm³/mol. The van der Waals surface area contributed by atoms with E-state index in [1.165, 1.54) is 38.9 Å². The zero-order chi connectivity index (χ0) is 8.81. The molecule has 0 aromatic heterocycles. The van der Waals surface area contributed by atoms with Crippen LogP contribution in [0.2, 0.25) is 0 Å². The fourth-order valence-electron chi connectivity index (χ4n) is 1.87. The van der Waals surface area contributed by atoms with Gasteiger partial charge >= 0.3 is 0 Å². The number of methoxy groups -OCH3 is 1. The van der Waals surface area contributed by atoms with Gasteiger partial charge < -0.3 is 9.64 Å². The summed E-state index contributed by atoms with van der Waals surface area (Å²) in [5.74, 6) is 0.798. The fourth-order valence-corrected chi connectivity index (χ4v) is 1.87. The summed E-state index contributed by atoms with van der Waals surface area (Å²) in [6.45, 7) is 7.03. The normalized spacial score (nSPS) is 25.0. The number of likely N-dealkylation sites (tertiary alicyclic amines) is 1. The lowest BCUT2D eigenvalue weighted by atomic mass is 10.1. The van der Waals surface area contributed by atoms with Crippen LogP contribution < -0.4 is 0 Å². The van der Waals surface area contributed by atoms with Crippen LogP contribution in [0.3, 0.4) is 0 Å². The Labute approximate surface area is 75.9 Å². The maximum Gasteiger partial charge on any atom is 0.0503 e. The number of unbranched alkanes of at least 4 members (excludes halogenated alkanes) is 1. The van der Waals surface area contributed by atoms with Gasteiger partial charge in [-0.05, 0) is 31.8 Å². The van der Waals surface area contributed by atoms with Gasteiger partial charge in [-0.3, -0.25) is 0 Å². The van der Waals surface area contributed by atoms with Crippen LogP contribution in [0.15, 0.2) is 0 Å². The molecule has 0 aromatic carbocycles. The van der Waals surface area contributed by atoms with Crippen LogP contribution in [-0.4, -0.2) is 38.3 Å². The smallest absolute Gasteiger partial charge is 0.0503 e. The molecule has 72 valence electrons. The molecule has 1 aliphatic rings. The van der Waals surface area contributed by atoms with E-state index in [0.717, 1.165) is 12.5 Å². The lowest BCUT2D eigenvalue weighted by molar-refractivity contribution is 0.153. The molecule has 0 aliphatic carbocycles. The summed E-state index contributed by atoms with van der Waals surface area (Å²) in [5, 5.41) is 0. The Morgan fingerprint density at radius 1 is 1.50 bits per heavy atom. The molecule has 0 aromatic rings. The first-order valence-corrected chi connectivity index (χ1v) is 5.08. The van der Waals surface area contributed by atoms with Gasteiger partial charge in [0.15, 0.2) is 0 Å². The van der Waals surface area contributed by atoms with E-state index in [4.69, 9.17) is 4.74 Å². The molecule has 0 N–H and O–H groups in total. The summed E-state index contributed by atoms with van der Waals surface area (Å²) < 4.78 is 5.15. The van der Waals surface area contributed by atoms with E-state index in [2.05, 4.69) is 11.8 Å². The van der Waals surface area contributed by atoms with E-state index >= 15 is 0 Å². The highest BCUT2D eigenvalue weighted by molar-refractivity contribution is 4.74. The minimum Gasteiger partial charge on any atom is -0.384 e. The van der Waals surface area contributed by atoms with Gasteiger partial charge in [-0.25, -0.2) is 0 Å². The van der Waals surface area contributed by atoms with E-state index in [1.807, 2.05) is 0 Å². The van der Waals surface area contributed by atoms with Crippen LogP contribution >= 0.6 is 0 Å². The van der Waals surface area contributed by atoms with Gasteiger partial charge in [0.05, 0.1) is 6.61 Å². The summed E-state index contributed by atoms with van der Waals surface area (Å²) in [6, 6.07) is 0. The minimum atomic E-state index is 0.798. The van der Waals surface area contributed by atoms with Crippen LogP contribution in [0, 0.1) is 5.92 Å². The predicted octanol–water partition coefficient (Wildman–Crippen LogP) is 1.75. The number of hydrogen-bond donors (Lipinski definition) is 0. The van der Waals surface area contributed by atoms with Crippen molar-refractivity contribution in [1.29, 1.82) is 0 Å². The molecule has 0 spiro atoms. The third-order valence-corrected chi connectivity index (χ3v) is 2.60. The van der Waals surface area contributed by atoms with Gasteiger partial charge in [0.25, 0.3) is 0 Å². The monoisotopic (exact) mass is 171 g/mol. The molecular formula is C10H21NO. The molecule has 1 saturated heterocycles. The Balaban J connectivity index is 2.08. The molecule has 1 rings (SSSR count). The van der Waals surface area contributed by atoms with Crippen LogP contribution in [0.1, 0.15) is 26.2 Å². The van der Waals surface area contributed by atoms with Crippen molar-refractivity contribution < 1.29 is 4.74 Å². The minimum absolute atomic E-state index is 0.798. The van der Waals surface area contributed by atoms with E-state index in [9.17, 15) is 0 Å². The molecule has 2 heteroatoms. The maximum absolute atomic E-state index is 5.15. The quantitative estimate of drug-likeness (QED) is 0.625. The molecule has 0 bridgehead atoms. The van der Waals surface area contributed by atoms with Gasteiger partial charge in [-0.2, -0.15) is 0 Å². The van der Waals surface area contributed by atoms with Gasteiger partial charge in [0.1, 0.15) is 0 Å². The second kappa shape index (κ2) is 5.55. The molecule has 2 nitrogen and oxygen atoms in total. The zero-order valence-corrected chi connectivity index (χ0v) is 8.38. The molecule has 0 radical (unpaired) electrons. The summed E-state index contributed by atoms with van der Waals surface area (Å²) in [6.07, 6.45) is 3.99. The molecule has 1 aliphatic heterocycles. The van der Waals surface area contributed by atoms with E-state index in [1.54, 1.807) is 7.11 Å². The highest BCUT2D eigenvalue weighted by Crippen LogP contribution is 2.16. The number of rotatable bonds is 5. The zero-order valence-electron chi connectivity index (χ0n) is 8.38. The van der Waals surface area contributed by atoms with Gasteiger partial charge in [0, 0.05) is 13.7 Å². The molecule has 1 atom stereocenters. The van der Waals surface area contributed by atoms with Crippen LogP contribution in [0.25, 0.3) is 0 Å². The first-order valence-electron chi connectivity index (χ1n) is 5.08. The van der Waals surface area contributed by atoms with Crippen LogP contribution in [0.4, 0.5) is 0 Å². The Morgan fingerprint density at radius 2 is 2.33 bits per heavy atom. The Bertz CT molecular complexity index is 116. The largest absolute Gasteiger partial charge is 0.384 e. The maximum atomic E-state index is 5.15. The number of nitrogens with zero attached hydrogens (tertiary/aromatic N) is 1. The lowest BCUT2D eigenvalue weighted by Crippen LogP contribution is -2.22. The van der Waals surface area contributed by atoms with Crippen LogP contribution in [-0.2, 0) is 4.74 Å². The SMILES string of the molecule is CCCCN1CC[C@@H](COC)C1. The van der Waals surface area contributed by atoms with Crippen molar-refractivity contribution in [2.24, 2.45) is 5.92 Å². The highest BCUT2D eigenvalue weighted by atomic mass is 16.5. The van der Waals surface area contributed by atoms with Crippen molar-refractivity contribution in [2.75, 3.05) is 33.4 Å². The average molecular weight is 171 g/mol. The highest BCUT2D eigenvalue weighted by Gasteiger charge is 2.21. The number of ether oxygens (including phenoxy) is 1. The second-order valence-electron chi connectivity index (χ2n) is 3.76. The van der Waals surface area contributed by atoms with Gasteiger partial charge in [0.2, 0.25) is 0 Å². The molecular weight excluding hydrogens is 150 g/mol. The molecule has 0 saturated carbocycles. The third kappa shape index (κ3) is 3.11. The molecule has 0 unspecified atom stereocenters. The fraction of sp³-hybridized carbons (Fsp3) is 1.00. The van der Waals surface area contributed by atoms with Gasteiger partial charge in [-0.1, -0.05) is 13.3 Å². The van der Waals surface area contributed by atoms with E-state index in [0.29, 0.717) is 0 Å². The van der Waals surface area contributed by atoms with Crippen molar-refractivity contribution in [1.82, 2.24) is 4.90 Å². The molecule has 1 heterocycles. The topological polar surface area (TPSA) is 12.5 Å². The van der Waals surface area contributed by atoms with Crippen molar-refractivity contribution in [2.45, 2.75) is 26.2 Å². The van der Waals surface area contributed by atoms with E-state index in [-0.39, 0.29) is 0 Å². The lowest BCUT2D eigenvalue weighted by Gasteiger charge is -2.14. The first kappa shape index (κ1) is 10.0. The summed E-state index contributed by atoms with van der Waals surface area (Å²) >= 11 is 0. The summed E-state index contributed by atoms with van der Waals surface area (Å²) in [4.78, 5) is 2.56. The standard InChI is InChI=1S/C10H21NO/c1-3-4-6-11-7-5-10(8-11)9-12-2/h10H,3-9H2,1-2H3/t10-/m1/s1. The number of hydrogen-bond acceptors (Lipinski definition) is 2. The first-order chi connectivity index (χ1) is 5.86. The van der Waals surface area contributed by atoms with Crippen molar-refractivity contribution in [3.63, 3.8) is 0 Å². The molecule has 12 heavy (non-hydrogen) atoms. The Hall–Kier alpha value is -0.0800. The van der Waals surface area contributed by atoms with Gasteiger partial charge in [-0.15, -0.1) is 0 Å². The van der Waals surface area contributed by atoms with E-state index < -0.39 is 0 Å². The summed E-state index contributed by atoms with van der Waals surface area (Å²) in [5.41, 5.74) is 0. The van der Waals surface area contributed by atoms with Crippen LogP contribution in [0.5, 0.6) is 0 Å². The Morgan fingerprint density at radius 3 is 3.00 bits per heavy atom. The second-order valence-corrected chi connectivity index (χ2v) is 3.76. The van der Waals surface area contributed by atoms with Crippen molar-refractivity contribution in [3.8, 4) is 0 Å².